The van der Waals surface area contributed by atoms with E-state index in [-0.39, 0.29) is 0 Å². The van der Waals surface area contributed by atoms with Crippen molar-refractivity contribution in [3.63, 3.8) is 0 Å². The van der Waals surface area contributed by atoms with E-state index in [1.54, 1.807) is 0 Å². The van der Waals surface area contributed by atoms with Gasteiger partial charge in [-0.3, -0.25) is 10.1 Å². The smallest absolute Gasteiger partial charge is 0.488 e. The van der Waals surface area contributed by atoms with E-state index in [1.807, 2.05) is 0 Å². The second-order valence-electron chi connectivity index (χ2n) is 25.0. The van der Waals surface area contributed by atoms with Crippen molar-refractivity contribution in [2.45, 2.75) is 246 Å². The average Bonchev–Trinajstić information content (AvgIpc) is 0.776. The number of nitro benzene ring substituents is 1. The van der Waals surface area contributed by atoms with Gasteiger partial charge in [0.1, 0.15) is 208 Å². The molecule has 0 spiro atoms. The Kier molecular flexibility index (Phi) is 26.8. The van der Waals surface area contributed by atoms with Crippen LogP contribution in [0.4, 0.5) is 5.69 Å². The van der Waals surface area contributed by atoms with Gasteiger partial charge in [0.05, 0.1) is 57.2 Å². The first-order valence-corrected chi connectivity index (χ1v) is 31.4. The van der Waals surface area contributed by atoms with Crippen LogP contribution in [-0.2, 0) is 75.8 Å². The molecule has 46 heteroatoms. The summed E-state index contributed by atoms with van der Waals surface area (Å²) in [7, 11) is -2.31. The predicted octanol–water partition coefficient (Wildman–Crippen LogP) is -17.7. The van der Waals surface area contributed by atoms with Gasteiger partial charge in [-0.05, 0) is 11.5 Å². The highest BCUT2D eigenvalue weighted by Gasteiger charge is 2.60. The van der Waals surface area contributed by atoms with Gasteiger partial charge in [0, 0.05) is 6.07 Å². The molecule has 30 fully saturated rings. The van der Waals surface area contributed by atoms with Crippen molar-refractivity contribution in [1.82, 2.24) is 0 Å². The highest BCUT2D eigenvalue weighted by atomic mass is 16.8. The van der Waals surface area contributed by atoms with Crippen molar-refractivity contribution in [3.05, 3.63) is 28.3 Å². The third-order valence-corrected chi connectivity index (χ3v) is 18.6. The van der Waals surface area contributed by atoms with Gasteiger partial charge in [0.2, 0.25) is 0 Å². The third kappa shape index (κ3) is 16.1. The molecule has 100 heavy (non-hydrogen) atoms. The van der Waals surface area contributed by atoms with Crippen LogP contribution in [0.15, 0.2) is 18.2 Å². The van der Waals surface area contributed by atoms with Crippen LogP contribution in [0.1, 0.15) is 0 Å². The molecule has 40 atom stereocenters. The van der Waals surface area contributed by atoms with Crippen molar-refractivity contribution < 1.29 is 213 Å². The lowest BCUT2D eigenvalue weighted by atomic mass is 9.80. The molecule has 1 aromatic carbocycles. The van der Waals surface area contributed by atoms with Crippen LogP contribution in [-0.4, -0.2) is 438 Å². The maximum absolute atomic E-state index is 11.9. The minimum Gasteiger partial charge on any atom is -0.491 e. The van der Waals surface area contributed by atoms with E-state index in [0.29, 0.717) is 0 Å². The van der Waals surface area contributed by atoms with Gasteiger partial charge in [-0.25, -0.2) is 0 Å². The van der Waals surface area contributed by atoms with E-state index in [9.17, 15) is 138 Å². The fourth-order valence-electron chi connectivity index (χ4n) is 13.0. The van der Waals surface area contributed by atoms with Crippen LogP contribution in [0.2, 0.25) is 0 Å². The molecule has 1 aromatic rings. The van der Waals surface area contributed by atoms with Crippen molar-refractivity contribution in [2.24, 2.45) is 0 Å². The molecule has 0 aromatic heterocycles. The SMILES string of the molecule is O=[N+]([O-])c1cc(OC[C@H]2O[C@@H]3O[C@H]4[C@H](O)[C@@H](O)[C@@H](O[C@H]5[C@H](O)[C@@H](O)[C@@H](O[C@H]6[C@H](O)[C@@H](O)[C@@H](O[C@H]7[C@H](O)[C@@H](O)[C@@H](O[C@H]8[C@H](O)[C@@H](O)[C@@H](O[C@H]9[C@H](O)[C@@H](O)[C@@H](O[C@H]%10[C@H](O)[C@@H](O)[C@@H](O[C@H]2[C@H](O)[C@H]3O)O[C@@H]%10CO)O[C@@H]9CO)O[C@@H]8CO)O[C@@H]7CO)O[C@@H]6CO)O[C@@H]5CO)O[C@@H]4CO)cc(B(O)O)c1. The first kappa shape index (κ1) is 79.4. The largest absolute Gasteiger partial charge is 0.491 e. The van der Waals surface area contributed by atoms with E-state index in [0.717, 1.165) is 18.2 Å². The summed E-state index contributed by atoms with van der Waals surface area (Å²) in [6, 6.07) is 2.50. The minimum absolute atomic E-state index is 0.479. The predicted molar refractivity (Wildman–Crippen MR) is 302 cm³/mol. The highest BCUT2D eigenvalue weighted by molar-refractivity contribution is 6.58. The molecular formula is C54H84BNO44. The standard InChI is InChI=1S/C54H84BNO44/c57-4-15-39-23(64)31(72)47(85-15)94-40-16(5-58)87-49(33(74)25(40)66)96-42-18(7-60)89-51(35(76)27(42)68)98-44-20(9-62)91-53(37(78)29(44)70)100-46-22(11-84-14-2-12(55(80)81)1-13(3-14)56(82)83)92-54(38(79)30(46)71)99-45-21(10-63)90-52(36(77)28(45)69)97-43-19(8-61)88-50(34(75)26(43)67)95-41-17(6-59)86-48(93-39)32(73)24(41)65/h1-3,15-54,57-81H,4-11H2/t15-,16-,17-,18-,19-,20-,21-,22-,23-,24-,25-,26-,27-,28-,29-,30-,31-,32-,33-,34-,35-,36-,37-,38-,39-,40-,41-,42-,43-,44-,45-,46-,47-,48-,49-,50-,51-,52-,53-,54-/m1/s1. The normalized spacial score (nSPS) is 50.0. The Morgan fingerprint density at radius 1 is 0.300 bits per heavy atom. The number of ether oxygens (including phenoxy) is 17. The summed E-state index contributed by atoms with van der Waals surface area (Å²) in [6.07, 6.45) is -85.2. The summed E-state index contributed by atoms with van der Waals surface area (Å²) in [6.45, 7) is -8.91. The third-order valence-electron chi connectivity index (χ3n) is 18.6. The molecule has 0 saturated carbocycles. The number of non-ortho nitro benzene ring substituents is 1. The van der Waals surface area contributed by atoms with E-state index in [4.69, 9.17) is 80.5 Å². The molecule has 0 radical (unpaired) electrons. The minimum atomic E-state index is -2.40. The first-order valence-electron chi connectivity index (χ1n) is 31.4. The van der Waals surface area contributed by atoms with E-state index >= 15 is 0 Å². The lowest BCUT2D eigenvalue weighted by molar-refractivity contribution is -0.404. The summed E-state index contributed by atoms with van der Waals surface area (Å²) in [4.78, 5) is 10.9. The van der Waals surface area contributed by atoms with E-state index in [1.165, 1.54) is 0 Å². The molecule has 45 nitrogen and oxygen atoms in total. The molecule has 30 heterocycles. The van der Waals surface area contributed by atoms with Gasteiger partial charge in [0.25, 0.3) is 5.69 Å². The summed E-state index contributed by atoms with van der Waals surface area (Å²) >= 11 is 0. The maximum atomic E-state index is 11.9. The first-order chi connectivity index (χ1) is 47.5. The molecule has 0 amide bonds. The number of aliphatic hydroxyl groups is 23. The molecule has 31 rings (SSSR count). The van der Waals surface area contributed by atoms with Crippen molar-refractivity contribution in [3.8, 4) is 5.75 Å². The molecule has 0 aliphatic carbocycles. The van der Waals surface area contributed by atoms with Crippen LogP contribution in [0, 0.1) is 10.1 Å². The van der Waals surface area contributed by atoms with Gasteiger partial charge < -0.3 is 208 Å². The Bertz CT molecular complexity index is 2740. The molecule has 30 aliphatic heterocycles. The number of hydrogen-bond acceptors (Lipinski definition) is 44. The molecule has 16 bridgehead atoms. The second kappa shape index (κ2) is 33.7. The quantitative estimate of drug-likeness (QED) is 0.0525. The Balaban J connectivity index is 0.943. The van der Waals surface area contributed by atoms with E-state index < -0.39 is 327 Å². The summed E-state index contributed by atoms with van der Waals surface area (Å²) in [5.74, 6) is -0.486. The van der Waals surface area contributed by atoms with E-state index in [2.05, 4.69) is 0 Å². The van der Waals surface area contributed by atoms with Gasteiger partial charge in [-0.1, -0.05) is 0 Å². The fraction of sp³-hybridized carbons (Fsp3) is 0.889. The molecule has 25 N–H and O–H groups in total. The van der Waals surface area contributed by atoms with Gasteiger partial charge in [-0.2, -0.15) is 0 Å². The Morgan fingerprint density at radius 3 is 0.670 bits per heavy atom. The molecule has 0 unspecified atom stereocenters. The zero-order valence-electron chi connectivity index (χ0n) is 51.9. The fourth-order valence-corrected chi connectivity index (χ4v) is 13.0. The second-order valence-corrected chi connectivity index (χ2v) is 25.0. The van der Waals surface area contributed by atoms with Gasteiger partial charge >= 0.3 is 7.12 Å². The van der Waals surface area contributed by atoms with Crippen molar-refractivity contribution in [2.75, 3.05) is 52.9 Å². The summed E-state index contributed by atoms with van der Waals surface area (Å²) in [5.41, 5.74) is -1.23. The number of aliphatic hydroxyl groups excluding tert-OH is 23. The molecule has 30 saturated heterocycles. The number of rotatable bonds is 12. The number of nitro groups is 1. The van der Waals surface area contributed by atoms with Gasteiger partial charge in [-0.15, -0.1) is 0 Å². The number of nitrogens with zero attached hydrogens (tertiary/aromatic N) is 1. The van der Waals surface area contributed by atoms with Crippen LogP contribution >= 0.6 is 0 Å². The van der Waals surface area contributed by atoms with Crippen LogP contribution in [0.3, 0.4) is 0 Å². The zero-order valence-corrected chi connectivity index (χ0v) is 51.9. The molecule has 30 aliphatic rings. The molecule has 572 valence electrons. The molecular weight excluding hydrogens is 1380 g/mol. The monoisotopic (exact) mass is 1460 g/mol. The van der Waals surface area contributed by atoms with Crippen LogP contribution < -0.4 is 10.2 Å². The number of benzene rings is 1. The van der Waals surface area contributed by atoms with Crippen molar-refractivity contribution in [1.29, 1.82) is 0 Å². The summed E-state index contributed by atoms with van der Waals surface area (Å²) in [5, 5.41) is 290. The maximum Gasteiger partial charge on any atom is 0.488 e. The zero-order chi connectivity index (χ0) is 72.8. The Morgan fingerprint density at radius 2 is 0.490 bits per heavy atom. The van der Waals surface area contributed by atoms with Crippen LogP contribution in [0.5, 0.6) is 5.75 Å². The summed E-state index contributed by atoms with van der Waals surface area (Å²) < 4.78 is 98.0. The lowest BCUT2D eigenvalue weighted by Crippen LogP contribution is -2.69. The van der Waals surface area contributed by atoms with Crippen molar-refractivity contribution >= 4 is 18.3 Å². The lowest BCUT2D eigenvalue weighted by Gasteiger charge is -2.50. The van der Waals surface area contributed by atoms with Crippen LogP contribution in [0.25, 0.3) is 0 Å². The highest BCUT2D eigenvalue weighted by Crippen LogP contribution is 2.40. The number of hydrogen-bond donors (Lipinski definition) is 25. The average molecular weight is 1460 g/mol. The topological polar surface area (TPSA) is 706 Å². The Labute approximate surface area is 562 Å². The Hall–Kier alpha value is -3.16. The van der Waals surface area contributed by atoms with Gasteiger partial charge in [0.15, 0.2) is 50.3 Å².